The van der Waals surface area contributed by atoms with Crippen molar-refractivity contribution in [2.24, 2.45) is 5.92 Å². The molecule has 1 aliphatic rings. The van der Waals surface area contributed by atoms with E-state index in [0.717, 1.165) is 0 Å². The largest absolute Gasteiger partial charge is 0.481 e. The van der Waals surface area contributed by atoms with Crippen molar-refractivity contribution < 1.29 is 14.7 Å². The molecule has 74 valence electrons. The van der Waals surface area contributed by atoms with Crippen LogP contribution in [0, 0.1) is 5.92 Å². The van der Waals surface area contributed by atoms with Gasteiger partial charge < -0.3 is 15.0 Å². The van der Waals surface area contributed by atoms with Gasteiger partial charge >= 0.3 is 5.97 Å². The first-order valence-electron chi connectivity index (χ1n) is 4.19. The molecular weight excluding hydrogens is 186 g/mol. The number of amides is 1. The van der Waals surface area contributed by atoms with Crippen molar-refractivity contribution in [2.45, 2.75) is 0 Å². The summed E-state index contributed by atoms with van der Waals surface area (Å²) in [6.45, 7) is 0.570. The van der Waals surface area contributed by atoms with Gasteiger partial charge in [0, 0.05) is 13.1 Å². The smallest absolute Gasteiger partial charge is 0.310 e. The van der Waals surface area contributed by atoms with Gasteiger partial charge in [-0.05, 0) is 0 Å². The van der Waals surface area contributed by atoms with Gasteiger partial charge in [-0.15, -0.1) is 0 Å². The Bertz CT molecular complexity index is 354. The predicted molar refractivity (Wildman–Crippen MR) is 45.6 cm³/mol. The predicted octanol–water partition coefficient (Wildman–Crippen LogP) is -0.434. The fraction of sp³-hybridized carbons (Fsp3) is 0.375. The Morgan fingerprint density at radius 3 is 2.79 bits per heavy atom. The molecule has 1 saturated heterocycles. The van der Waals surface area contributed by atoms with Crippen LogP contribution in [0.15, 0.2) is 12.5 Å². The van der Waals surface area contributed by atoms with Crippen LogP contribution >= 0.6 is 0 Å². The van der Waals surface area contributed by atoms with E-state index in [1.807, 2.05) is 0 Å². The number of carbonyl (C=O) groups excluding carboxylic acids is 1. The third-order valence-electron chi connectivity index (χ3n) is 2.25. The van der Waals surface area contributed by atoms with Crippen molar-refractivity contribution in [3.05, 3.63) is 18.2 Å². The Morgan fingerprint density at radius 2 is 2.29 bits per heavy atom. The van der Waals surface area contributed by atoms with Crippen LogP contribution in [-0.2, 0) is 4.79 Å². The van der Waals surface area contributed by atoms with Crippen molar-refractivity contribution in [3.8, 4) is 0 Å². The van der Waals surface area contributed by atoms with Crippen LogP contribution in [-0.4, -0.2) is 44.9 Å². The summed E-state index contributed by atoms with van der Waals surface area (Å²) in [6, 6.07) is 0. The number of likely N-dealkylation sites (tertiary alicyclic amines) is 1. The number of aromatic amines is 1. The number of nitrogens with one attached hydrogen (secondary N) is 1. The number of nitrogens with zero attached hydrogens (tertiary/aromatic N) is 2. The summed E-state index contributed by atoms with van der Waals surface area (Å²) in [7, 11) is 0. The number of carbonyl (C=O) groups is 2. The summed E-state index contributed by atoms with van der Waals surface area (Å²) in [5, 5.41) is 8.61. The van der Waals surface area contributed by atoms with E-state index in [0.29, 0.717) is 5.69 Å². The lowest BCUT2D eigenvalue weighted by molar-refractivity contribution is -0.146. The monoisotopic (exact) mass is 195 g/mol. The Morgan fingerprint density at radius 1 is 1.57 bits per heavy atom. The molecule has 0 radical (unpaired) electrons. The van der Waals surface area contributed by atoms with Crippen LogP contribution in [0.25, 0.3) is 0 Å². The fourth-order valence-electron chi connectivity index (χ4n) is 1.34. The summed E-state index contributed by atoms with van der Waals surface area (Å²) in [4.78, 5) is 29.9. The number of hydrogen-bond donors (Lipinski definition) is 2. The molecule has 0 saturated carbocycles. The molecule has 0 atom stereocenters. The normalized spacial score (nSPS) is 16.4. The lowest BCUT2D eigenvalue weighted by Gasteiger charge is -2.36. The first-order valence-corrected chi connectivity index (χ1v) is 4.19. The molecule has 1 aromatic heterocycles. The average molecular weight is 195 g/mol. The van der Waals surface area contributed by atoms with Crippen molar-refractivity contribution in [1.29, 1.82) is 0 Å². The second-order valence-corrected chi connectivity index (χ2v) is 3.21. The summed E-state index contributed by atoms with van der Waals surface area (Å²) in [5.74, 6) is -1.46. The molecule has 1 fully saturated rings. The Balaban J connectivity index is 1.95. The average Bonchev–Trinajstić information content (AvgIpc) is 2.51. The van der Waals surface area contributed by atoms with Crippen LogP contribution in [0.2, 0.25) is 0 Å². The second kappa shape index (κ2) is 3.13. The number of carboxylic acids is 1. The van der Waals surface area contributed by atoms with E-state index in [1.54, 1.807) is 0 Å². The number of hydrogen-bond acceptors (Lipinski definition) is 3. The maximum Gasteiger partial charge on any atom is 0.310 e. The highest BCUT2D eigenvalue weighted by Crippen LogP contribution is 2.17. The molecule has 6 heteroatoms. The maximum absolute atomic E-state index is 11.5. The molecule has 2 N–H and O–H groups in total. The van der Waals surface area contributed by atoms with Crippen molar-refractivity contribution in [1.82, 2.24) is 14.9 Å². The molecule has 0 aliphatic carbocycles. The molecule has 0 spiro atoms. The molecule has 0 unspecified atom stereocenters. The van der Waals surface area contributed by atoms with E-state index in [-0.39, 0.29) is 19.0 Å². The molecule has 14 heavy (non-hydrogen) atoms. The standard InChI is InChI=1S/C8H9N3O3/c12-7(6-1-9-4-10-6)11-2-5(3-11)8(13)14/h1,4-5H,2-3H2,(H,9,10)(H,13,14). The zero-order chi connectivity index (χ0) is 10.1. The van der Waals surface area contributed by atoms with Crippen molar-refractivity contribution in [3.63, 3.8) is 0 Å². The van der Waals surface area contributed by atoms with Crippen LogP contribution in [0.3, 0.4) is 0 Å². The molecule has 0 bridgehead atoms. The number of aromatic nitrogens is 2. The topological polar surface area (TPSA) is 86.3 Å². The fourth-order valence-corrected chi connectivity index (χ4v) is 1.34. The van der Waals surface area contributed by atoms with Gasteiger partial charge in [-0.1, -0.05) is 0 Å². The van der Waals surface area contributed by atoms with E-state index in [4.69, 9.17) is 5.11 Å². The minimum Gasteiger partial charge on any atom is -0.481 e. The van der Waals surface area contributed by atoms with Gasteiger partial charge in [0.2, 0.25) is 0 Å². The lowest BCUT2D eigenvalue weighted by Crippen LogP contribution is -2.53. The zero-order valence-corrected chi connectivity index (χ0v) is 7.30. The Hall–Kier alpha value is -1.85. The highest BCUT2D eigenvalue weighted by molar-refractivity contribution is 5.93. The third-order valence-corrected chi connectivity index (χ3v) is 2.25. The molecule has 1 aliphatic heterocycles. The van der Waals surface area contributed by atoms with Crippen molar-refractivity contribution >= 4 is 11.9 Å². The summed E-state index contributed by atoms with van der Waals surface area (Å²) in [6.07, 6.45) is 2.85. The lowest BCUT2D eigenvalue weighted by atomic mass is 10.0. The maximum atomic E-state index is 11.5. The highest BCUT2D eigenvalue weighted by atomic mass is 16.4. The number of rotatable bonds is 2. The summed E-state index contributed by atoms with van der Waals surface area (Å²) in [5.41, 5.74) is 0.397. The van der Waals surface area contributed by atoms with Crippen LogP contribution < -0.4 is 0 Å². The molecule has 1 amide bonds. The SMILES string of the molecule is O=C(O)C1CN(C(=O)c2cnc[nH]2)C1. The number of aliphatic carboxylic acids is 1. The van der Waals surface area contributed by atoms with Gasteiger partial charge in [-0.2, -0.15) is 0 Å². The van der Waals surface area contributed by atoms with Gasteiger partial charge in [0.1, 0.15) is 5.69 Å². The number of imidazole rings is 1. The first kappa shape index (κ1) is 8.74. The van der Waals surface area contributed by atoms with E-state index < -0.39 is 11.9 Å². The van der Waals surface area contributed by atoms with Gasteiger partial charge in [-0.3, -0.25) is 9.59 Å². The van der Waals surface area contributed by atoms with E-state index in [2.05, 4.69) is 9.97 Å². The van der Waals surface area contributed by atoms with Gasteiger partial charge in [0.05, 0.1) is 18.4 Å². The first-order chi connectivity index (χ1) is 6.68. The van der Waals surface area contributed by atoms with E-state index in [1.165, 1.54) is 17.4 Å². The summed E-state index contributed by atoms with van der Waals surface area (Å²) >= 11 is 0. The van der Waals surface area contributed by atoms with Gasteiger partial charge in [0.25, 0.3) is 5.91 Å². The van der Waals surface area contributed by atoms with Crippen LogP contribution in [0.5, 0.6) is 0 Å². The zero-order valence-electron chi connectivity index (χ0n) is 7.30. The van der Waals surface area contributed by atoms with Gasteiger partial charge in [0.15, 0.2) is 0 Å². The second-order valence-electron chi connectivity index (χ2n) is 3.21. The minimum absolute atomic E-state index is 0.194. The quantitative estimate of drug-likeness (QED) is 0.670. The van der Waals surface area contributed by atoms with Gasteiger partial charge in [-0.25, -0.2) is 4.98 Å². The summed E-state index contributed by atoms with van der Waals surface area (Å²) < 4.78 is 0. The third kappa shape index (κ3) is 1.34. The number of H-pyrrole nitrogens is 1. The number of carboxylic acid groups (broad SMARTS) is 1. The molecule has 6 nitrogen and oxygen atoms in total. The molecule has 2 rings (SSSR count). The molecule has 2 heterocycles. The Labute approximate surface area is 79.6 Å². The Kier molecular flexibility index (Phi) is 1.95. The minimum atomic E-state index is -0.848. The van der Waals surface area contributed by atoms with E-state index in [9.17, 15) is 9.59 Å². The van der Waals surface area contributed by atoms with Crippen LogP contribution in [0.1, 0.15) is 10.5 Å². The molecule has 0 aromatic carbocycles. The van der Waals surface area contributed by atoms with Crippen LogP contribution in [0.4, 0.5) is 0 Å². The molecule has 1 aromatic rings. The van der Waals surface area contributed by atoms with E-state index >= 15 is 0 Å². The van der Waals surface area contributed by atoms with Crippen molar-refractivity contribution in [2.75, 3.05) is 13.1 Å². The highest BCUT2D eigenvalue weighted by Gasteiger charge is 2.36. The molecular formula is C8H9N3O3.